The minimum absolute atomic E-state index is 0. The first kappa shape index (κ1) is 31.5. The maximum atomic E-state index is 12.0. The molecule has 0 atom stereocenters. The van der Waals surface area contributed by atoms with E-state index >= 15 is 0 Å². The highest BCUT2D eigenvalue weighted by Gasteiger charge is 2.37. The molecule has 0 saturated heterocycles. The Morgan fingerprint density at radius 3 is 1.53 bits per heavy atom. The summed E-state index contributed by atoms with van der Waals surface area (Å²) in [6.45, 7) is 7.28. The summed E-state index contributed by atoms with van der Waals surface area (Å²) in [5.74, 6) is 0. The molecule has 124 valence electrons. The zero-order valence-electron chi connectivity index (χ0n) is 9.86. The number of hydrogen-bond donors (Lipinski definition) is 0. The van der Waals surface area contributed by atoms with Crippen LogP contribution in [0, 0.1) is 0 Å². The Balaban J connectivity index is -0.000000163. The van der Waals surface area contributed by atoms with Gasteiger partial charge in [0, 0.05) is 13.5 Å². The molecule has 0 bridgehead atoms. The Morgan fingerprint density at radius 1 is 0.895 bits per heavy atom. The second-order valence-corrected chi connectivity index (χ2v) is 12.6. The molecule has 0 rings (SSSR count). The summed E-state index contributed by atoms with van der Waals surface area (Å²) < 4.78 is 47.0. The van der Waals surface area contributed by atoms with Crippen molar-refractivity contribution in [2.45, 2.75) is 74.5 Å². The summed E-state index contributed by atoms with van der Waals surface area (Å²) in [6, 6.07) is 0.0935. The molecule has 0 radical (unpaired) electrons. The maximum Gasteiger partial charge on any atom is 0.388 e. The average Bonchev–Trinajstić information content (AvgIpc) is 1.98. The van der Waals surface area contributed by atoms with Gasteiger partial charge < -0.3 is 8.54 Å². The maximum absolute atomic E-state index is 12.0. The quantitative estimate of drug-likeness (QED) is 0.573. The second kappa shape index (κ2) is 10.9. The van der Waals surface area contributed by atoms with Crippen LogP contribution in [0.1, 0.15) is 36.1 Å². The predicted octanol–water partition coefficient (Wildman–Crippen LogP) is 6.05. The molecule has 2 nitrogen and oxygen atoms in total. The lowest BCUT2D eigenvalue weighted by Crippen LogP contribution is -2.46. The van der Waals surface area contributed by atoms with Crippen LogP contribution in [0.4, 0.5) is 13.2 Å². The van der Waals surface area contributed by atoms with E-state index in [-0.39, 0.29) is 35.8 Å². The minimum Gasteiger partial charge on any atom is -0.436 e. The first-order chi connectivity index (χ1) is 6.47. The molecular formula is C12H35F3O2Si2. The van der Waals surface area contributed by atoms with Crippen LogP contribution in [-0.2, 0) is 8.54 Å². The van der Waals surface area contributed by atoms with Crippen molar-refractivity contribution >= 4 is 16.9 Å². The van der Waals surface area contributed by atoms with Gasteiger partial charge in [-0.1, -0.05) is 29.7 Å². The molecule has 7 heteroatoms. The van der Waals surface area contributed by atoms with Gasteiger partial charge in [-0.3, -0.25) is 0 Å². The largest absolute Gasteiger partial charge is 0.436 e. The Morgan fingerprint density at radius 2 is 1.26 bits per heavy atom. The van der Waals surface area contributed by atoms with Crippen molar-refractivity contribution in [1.82, 2.24) is 0 Å². The van der Waals surface area contributed by atoms with Gasteiger partial charge in [0.15, 0.2) is 8.32 Å². The van der Waals surface area contributed by atoms with Crippen LogP contribution in [0.15, 0.2) is 0 Å². The van der Waals surface area contributed by atoms with Gasteiger partial charge in [0.1, 0.15) is 0 Å². The SMILES string of the molecule is C.C.C.C.CO[Si](C)(C)O[Si](C)(C)CCC(F)(F)F. The molecule has 0 aromatic heterocycles. The third kappa shape index (κ3) is 18.1. The molecular weight excluding hydrogens is 289 g/mol. The molecule has 0 unspecified atom stereocenters. The van der Waals surface area contributed by atoms with Crippen LogP contribution in [0.25, 0.3) is 0 Å². The molecule has 0 aliphatic heterocycles. The molecule has 0 aliphatic rings. The van der Waals surface area contributed by atoms with Crippen LogP contribution in [0.3, 0.4) is 0 Å². The monoisotopic (exact) mass is 324 g/mol. The highest BCUT2D eigenvalue weighted by Crippen LogP contribution is 2.28. The van der Waals surface area contributed by atoms with Crippen molar-refractivity contribution in [3.63, 3.8) is 0 Å². The zero-order chi connectivity index (χ0) is 12.3. The highest BCUT2D eigenvalue weighted by atomic mass is 28.4. The van der Waals surface area contributed by atoms with Gasteiger partial charge in [-0.15, -0.1) is 0 Å². The van der Waals surface area contributed by atoms with Crippen molar-refractivity contribution < 1.29 is 21.7 Å². The van der Waals surface area contributed by atoms with Crippen molar-refractivity contribution in [1.29, 1.82) is 0 Å². The molecule has 0 aliphatic carbocycles. The summed E-state index contributed by atoms with van der Waals surface area (Å²) >= 11 is 0. The Hall–Kier alpha value is 0.144. The van der Waals surface area contributed by atoms with Gasteiger partial charge in [0.2, 0.25) is 0 Å². The van der Waals surface area contributed by atoms with Crippen molar-refractivity contribution in [3.8, 4) is 0 Å². The summed E-state index contributed by atoms with van der Waals surface area (Å²) in [5, 5.41) is 0. The molecule has 0 saturated carbocycles. The number of alkyl halides is 3. The van der Waals surface area contributed by atoms with Gasteiger partial charge in [0.05, 0.1) is 0 Å². The van der Waals surface area contributed by atoms with E-state index in [4.69, 9.17) is 8.54 Å². The minimum atomic E-state index is -4.09. The van der Waals surface area contributed by atoms with E-state index in [1.165, 1.54) is 0 Å². The lowest BCUT2D eigenvalue weighted by Gasteiger charge is -2.32. The average molecular weight is 325 g/mol. The molecule has 0 amide bonds. The molecule has 19 heavy (non-hydrogen) atoms. The molecule has 0 spiro atoms. The third-order valence-corrected chi connectivity index (χ3v) is 8.64. The smallest absolute Gasteiger partial charge is 0.388 e. The Labute approximate surface area is 121 Å². The summed E-state index contributed by atoms with van der Waals surface area (Å²) in [6.07, 6.45) is -4.85. The summed E-state index contributed by atoms with van der Waals surface area (Å²) in [7, 11) is -2.93. The van der Waals surface area contributed by atoms with Gasteiger partial charge >= 0.3 is 14.7 Å². The van der Waals surface area contributed by atoms with Crippen LogP contribution < -0.4 is 0 Å². The summed E-state index contributed by atoms with van der Waals surface area (Å²) in [5.41, 5.74) is 0. The van der Waals surface area contributed by atoms with Crippen molar-refractivity contribution in [3.05, 3.63) is 0 Å². The predicted molar refractivity (Wildman–Crippen MR) is 85.5 cm³/mol. The van der Waals surface area contributed by atoms with E-state index in [9.17, 15) is 13.2 Å². The van der Waals surface area contributed by atoms with Gasteiger partial charge in [0.25, 0.3) is 0 Å². The fraction of sp³-hybridized carbons (Fsp3) is 1.00. The van der Waals surface area contributed by atoms with Crippen molar-refractivity contribution in [2.24, 2.45) is 0 Å². The molecule has 0 heterocycles. The fourth-order valence-electron chi connectivity index (χ4n) is 1.20. The van der Waals surface area contributed by atoms with E-state index in [0.29, 0.717) is 0 Å². The summed E-state index contributed by atoms with van der Waals surface area (Å²) in [4.78, 5) is 0. The van der Waals surface area contributed by atoms with Gasteiger partial charge in [-0.05, 0) is 32.2 Å². The first-order valence-corrected chi connectivity index (χ1v) is 10.7. The van der Waals surface area contributed by atoms with E-state index in [2.05, 4.69) is 0 Å². The van der Waals surface area contributed by atoms with Crippen LogP contribution >= 0.6 is 0 Å². The Kier molecular flexibility index (Phi) is 18.0. The molecule has 0 N–H and O–H groups in total. The van der Waals surface area contributed by atoms with Crippen molar-refractivity contribution in [2.75, 3.05) is 7.11 Å². The van der Waals surface area contributed by atoms with E-state index in [0.717, 1.165) is 0 Å². The number of halogens is 3. The fourth-order valence-corrected chi connectivity index (χ4v) is 8.15. The topological polar surface area (TPSA) is 18.5 Å². The second-order valence-electron chi connectivity index (χ2n) is 4.58. The van der Waals surface area contributed by atoms with Gasteiger partial charge in [-0.2, -0.15) is 13.2 Å². The zero-order valence-corrected chi connectivity index (χ0v) is 11.9. The normalized spacial score (nSPS) is 11.4. The molecule has 0 aromatic rings. The third-order valence-electron chi connectivity index (χ3n) is 2.02. The lowest BCUT2D eigenvalue weighted by molar-refractivity contribution is -0.131. The standard InChI is InChI=1S/C8H19F3O2Si2.4CH4/c1-12-15(4,5)13-14(2,3)7-6-8(9,10)11;;;;/h6-7H2,1-5H3;4*1H4. The first-order valence-electron chi connectivity index (χ1n) is 4.79. The van der Waals surface area contributed by atoms with Crippen LogP contribution in [0.2, 0.25) is 32.2 Å². The molecule has 0 aromatic carbocycles. The van der Waals surface area contributed by atoms with E-state index in [1.807, 2.05) is 13.1 Å². The highest BCUT2D eigenvalue weighted by molar-refractivity contribution is 6.82. The number of rotatable bonds is 5. The van der Waals surface area contributed by atoms with Crippen LogP contribution in [0.5, 0.6) is 0 Å². The Bertz CT molecular complexity index is 208. The van der Waals surface area contributed by atoms with E-state index < -0.39 is 29.5 Å². The van der Waals surface area contributed by atoms with E-state index in [1.54, 1.807) is 20.2 Å². The molecule has 0 fully saturated rings. The lowest BCUT2D eigenvalue weighted by atomic mass is 10.5. The number of hydrogen-bond acceptors (Lipinski definition) is 2. The van der Waals surface area contributed by atoms with Gasteiger partial charge in [-0.25, -0.2) is 0 Å². The van der Waals surface area contributed by atoms with Crippen LogP contribution in [-0.4, -0.2) is 30.2 Å².